The first kappa shape index (κ1) is 21.8. The van der Waals surface area contributed by atoms with E-state index in [1.165, 1.54) is 11.1 Å². The van der Waals surface area contributed by atoms with E-state index in [0.717, 1.165) is 32.5 Å². The zero-order valence-corrected chi connectivity index (χ0v) is 18.0. The minimum absolute atomic E-state index is 0.00493. The standard InChI is InChI=1S/C25H30N2O3/c1-25(2,3)30-24(29)26-22-11-9-21(10-12-22)23(28)17-19-13-15-27(16-14-19)18-20-7-5-4-6-8-20/h4-12,17H,13-16,18H2,1-3H3,(H,26,29). The van der Waals surface area contributed by atoms with Crippen molar-refractivity contribution in [2.24, 2.45) is 0 Å². The number of benzene rings is 2. The lowest BCUT2D eigenvalue weighted by Crippen LogP contribution is -2.30. The maximum Gasteiger partial charge on any atom is 0.412 e. The summed E-state index contributed by atoms with van der Waals surface area (Å²) >= 11 is 0. The Labute approximate surface area is 178 Å². The Kier molecular flexibility index (Phi) is 7.06. The molecule has 3 rings (SSSR count). The number of carbonyl (C=O) groups excluding carboxylic acids is 2. The number of nitrogens with zero attached hydrogens (tertiary/aromatic N) is 1. The Balaban J connectivity index is 1.51. The second kappa shape index (κ2) is 9.72. The molecule has 0 aliphatic carbocycles. The van der Waals surface area contributed by atoms with Crippen LogP contribution in [0.2, 0.25) is 0 Å². The van der Waals surface area contributed by atoms with Crippen LogP contribution >= 0.6 is 0 Å². The highest BCUT2D eigenvalue weighted by Crippen LogP contribution is 2.20. The van der Waals surface area contributed by atoms with Gasteiger partial charge in [0.15, 0.2) is 5.78 Å². The Bertz CT molecular complexity index is 886. The third kappa shape index (κ3) is 6.85. The molecule has 2 aromatic carbocycles. The van der Waals surface area contributed by atoms with Gasteiger partial charge in [-0.2, -0.15) is 0 Å². The zero-order valence-electron chi connectivity index (χ0n) is 18.0. The molecule has 5 nitrogen and oxygen atoms in total. The molecule has 0 bridgehead atoms. The van der Waals surface area contributed by atoms with Gasteiger partial charge in [-0.1, -0.05) is 35.9 Å². The third-order valence-electron chi connectivity index (χ3n) is 4.90. The zero-order chi connectivity index (χ0) is 21.6. The molecular weight excluding hydrogens is 376 g/mol. The van der Waals surface area contributed by atoms with Gasteiger partial charge in [0.1, 0.15) is 5.60 Å². The van der Waals surface area contributed by atoms with Crippen molar-refractivity contribution in [3.05, 3.63) is 77.4 Å². The number of amides is 1. The van der Waals surface area contributed by atoms with Crippen LogP contribution in [-0.4, -0.2) is 35.5 Å². The molecule has 0 radical (unpaired) electrons. The van der Waals surface area contributed by atoms with Gasteiger partial charge in [-0.15, -0.1) is 0 Å². The fourth-order valence-electron chi connectivity index (χ4n) is 3.39. The van der Waals surface area contributed by atoms with Gasteiger partial charge in [0, 0.05) is 30.9 Å². The smallest absolute Gasteiger partial charge is 0.412 e. The minimum Gasteiger partial charge on any atom is -0.444 e. The van der Waals surface area contributed by atoms with Gasteiger partial charge >= 0.3 is 6.09 Å². The summed E-state index contributed by atoms with van der Waals surface area (Å²) in [5.74, 6) is 0.00493. The molecule has 1 amide bonds. The lowest BCUT2D eigenvalue weighted by atomic mass is 9.99. The van der Waals surface area contributed by atoms with Gasteiger partial charge in [0.25, 0.3) is 0 Å². The predicted octanol–water partition coefficient (Wildman–Crippen LogP) is 5.44. The Morgan fingerprint density at radius 2 is 1.63 bits per heavy atom. The van der Waals surface area contributed by atoms with Crippen LogP contribution in [0, 0.1) is 0 Å². The average Bonchev–Trinajstić information content (AvgIpc) is 2.69. The Morgan fingerprint density at radius 3 is 2.23 bits per heavy atom. The van der Waals surface area contributed by atoms with E-state index in [1.807, 2.05) is 26.8 Å². The molecular formula is C25H30N2O3. The number of allylic oxidation sites excluding steroid dienone is 1. The minimum atomic E-state index is -0.553. The molecule has 1 heterocycles. The largest absolute Gasteiger partial charge is 0.444 e. The number of carbonyl (C=O) groups is 2. The molecule has 0 aromatic heterocycles. The maximum atomic E-state index is 12.6. The number of anilines is 1. The van der Waals surface area contributed by atoms with E-state index in [1.54, 1.807) is 30.3 Å². The molecule has 5 heteroatoms. The molecule has 1 N–H and O–H groups in total. The van der Waals surface area contributed by atoms with Crippen LogP contribution in [0.3, 0.4) is 0 Å². The highest BCUT2D eigenvalue weighted by atomic mass is 16.6. The summed E-state index contributed by atoms with van der Waals surface area (Å²) < 4.78 is 5.24. The fourth-order valence-corrected chi connectivity index (χ4v) is 3.39. The SMILES string of the molecule is CC(C)(C)OC(=O)Nc1ccc(C(=O)C=C2CCN(Cc3ccccc3)CC2)cc1. The predicted molar refractivity (Wildman–Crippen MR) is 120 cm³/mol. The third-order valence-corrected chi connectivity index (χ3v) is 4.90. The number of piperidine rings is 1. The molecule has 158 valence electrons. The molecule has 1 fully saturated rings. The van der Waals surface area contributed by atoms with E-state index in [9.17, 15) is 9.59 Å². The monoisotopic (exact) mass is 406 g/mol. The molecule has 0 atom stereocenters. The quantitative estimate of drug-likeness (QED) is 0.531. The van der Waals surface area contributed by atoms with Crippen molar-refractivity contribution in [2.45, 2.75) is 45.8 Å². The van der Waals surface area contributed by atoms with Crippen LogP contribution in [-0.2, 0) is 11.3 Å². The molecule has 30 heavy (non-hydrogen) atoms. The highest BCUT2D eigenvalue weighted by molar-refractivity contribution is 6.05. The van der Waals surface area contributed by atoms with E-state index in [4.69, 9.17) is 4.74 Å². The van der Waals surface area contributed by atoms with Gasteiger partial charge < -0.3 is 4.74 Å². The van der Waals surface area contributed by atoms with Crippen molar-refractivity contribution < 1.29 is 14.3 Å². The normalized spacial score (nSPS) is 14.8. The van der Waals surface area contributed by atoms with Gasteiger partial charge in [-0.25, -0.2) is 4.79 Å². The summed E-state index contributed by atoms with van der Waals surface area (Å²) in [6.45, 7) is 8.32. The number of hydrogen-bond donors (Lipinski definition) is 1. The van der Waals surface area contributed by atoms with Crippen molar-refractivity contribution in [2.75, 3.05) is 18.4 Å². The van der Waals surface area contributed by atoms with Crippen LogP contribution in [0.25, 0.3) is 0 Å². The van der Waals surface area contributed by atoms with Crippen LogP contribution in [0.15, 0.2) is 66.2 Å². The molecule has 0 saturated carbocycles. The topological polar surface area (TPSA) is 58.6 Å². The average molecular weight is 407 g/mol. The van der Waals surface area contributed by atoms with Crippen LogP contribution in [0.4, 0.5) is 10.5 Å². The molecule has 1 aliphatic rings. The summed E-state index contributed by atoms with van der Waals surface area (Å²) in [6, 6.07) is 17.4. The Morgan fingerprint density at radius 1 is 1.00 bits per heavy atom. The van der Waals surface area contributed by atoms with Crippen molar-refractivity contribution in [1.82, 2.24) is 4.90 Å². The van der Waals surface area contributed by atoms with Gasteiger partial charge in [0.05, 0.1) is 0 Å². The van der Waals surface area contributed by atoms with E-state index in [2.05, 4.69) is 34.5 Å². The number of likely N-dealkylation sites (tertiary alicyclic amines) is 1. The number of ether oxygens (including phenoxy) is 1. The van der Waals surface area contributed by atoms with Gasteiger partial charge in [-0.05, 0) is 69.5 Å². The number of nitrogens with one attached hydrogen (secondary N) is 1. The van der Waals surface area contributed by atoms with Gasteiger partial charge in [0.2, 0.25) is 0 Å². The van der Waals surface area contributed by atoms with E-state index in [0.29, 0.717) is 11.3 Å². The summed E-state index contributed by atoms with van der Waals surface area (Å²) in [4.78, 5) is 26.9. The second-order valence-electron chi connectivity index (χ2n) is 8.63. The second-order valence-corrected chi connectivity index (χ2v) is 8.63. The van der Waals surface area contributed by atoms with Crippen LogP contribution in [0.1, 0.15) is 49.5 Å². The Hall–Kier alpha value is -2.92. The lowest BCUT2D eigenvalue weighted by molar-refractivity contribution is 0.0636. The molecule has 2 aromatic rings. The first-order valence-corrected chi connectivity index (χ1v) is 10.4. The molecule has 1 saturated heterocycles. The van der Waals surface area contributed by atoms with Crippen molar-refractivity contribution in [3.8, 4) is 0 Å². The summed E-state index contributed by atoms with van der Waals surface area (Å²) in [5, 5.41) is 2.68. The molecule has 0 spiro atoms. The van der Waals surface area contributed by atoms with E-state index < -0.39 is 11.7 Å². The summed E-state index contributed by atoms with van der Waals surface area (Å²) in [7, 11) is 0. The first-order chi connectivity index (χ1) is 14.3. The van der Waals surface area contributed by atoms with Crippen molar-refractivity contribution in [1.29, 1.82) is 0 Å². The summed E-state index contributed by atoms with van der Waals surface area (Å²) in [6.07, 6.45) is 3.09. The maximum absolute atomic E-state index is 12.6. The molecule has 1 aliphatic heterocycles. The van der Waals surface area contributed by atoms with Crippen molar-refractivity contribution >= 4 is 17.6 Å². The summed E-state index contributed by atoms with van der Waals surface area (Å²) in [5.41, 5.74) is 3.18. The van der Waals surface area contributed by atoms with Gasteiger partial charge in [-0.3, -0.25) is 15.0 Å². The molecule has 0 unspecified atom stereocenters. The van der Waals surface area contributed by atoms with Crippen LogP contribution in [0.5, 0.6) is 0 Å². The van der Waals surface area contributed by atoms with E-state index >= 15 is 0 Å². The van der Waals surface area contributed by atoms with E-state index in [-0.39, 0.29) is 5.78 Å². The first-order valence-electron chi connectivity index (χ1n) is 10.4. The lowest BCUT2D eigenvalue weighted by Gasteiger charge is -2.28. The number of rotatable bonds is 5. The van der Waals surface area contributed by atoms with Crippen LogP contribution < -0.4 is 5.32 Å². The fraction of sp³-hybridized carbons (Fsp3) is 0.360. The highest BCUT2D eigenvalue weighted by Gasteiger charge is 2.17. The number of hydrogen-bond acceptors (Lipinski definition) is 4. The number of ketones is 1. The van der Waals surface area contributed by atoms with Crippen molar-refractivity contribution in [3.63, 3.8) is 0 Å².